The standard InChI is InChI=1S/C12H14N4O/c1-7-3-2-4-8(7)11-13-5-9-12(16-11)15-10(6-17)14-9/h5,8,17H,1-4,6H2,(H,13,14,15,16). The van der Waals surface area contributed by atoms with Gasteiger partial charge in [0.2, 0.25) is 0 Å². The molecule has 5 heteroatoms. The van der Waals surface area contributed by atoms with Gasteiger partial charge in [0.15, 0.2) is 5.65 Å². The van der Waals surface area contributed by atoms with Crippen molar-refractivity contribution in [1.82, 2.24) is 19.9 Å². The highest BCUT2D eigenvalue weighted by atomic mass is 16.3. The summed E-state index contributed by atoms with van der Waals surface area (Å²) in [5.74, 6) is 1.60. The van der Waals surface area contributed by atoms with Gasteiger partial charge in [-0.25, -0.2) is 15.0 Å². The lowest BCUT2D eigenvalue weighted by Crippen LogP contribution is -2.01. The second-order valence-corrected chi connectivity index (χ2v) is 4.41. The average Bonchev–Trinajstić information content (AvgIpc) is 2.93. The molecule has 1 unspecified atom stereocenters. The van der Waals surface area contributed by atoms with Crippen LogP contribution in [0.3, 0.4) is 0 Å². The van der Waals surface area contributed by atoms with Crippen molar-refractivity contribution in [2.75, 3.05) is 0 Å². The van der Waals surface area contributed by atoms with Gasteiger partial charge >= 0.3 is 0 Å². The Hall–Kier alpha value is -1.75. The maximum Gasteiger partial charge on any atom is 0.181 e. The van der Waals surface area contributed by atoms with Crippen molar-refractivity contribution in [3.8, 4) is 0 Å². The number of fused-ring (bicyclic) bond motifs is 1. The number of nitrogens with one attached hydrogen (secondary N) is 1. The van der Waals surface area contributed by atoms with Gasteiger partial charge in [0.05, 0.1) is 6.20 Å². The normalized spacial score (nSPS) is 20.3. The smallest absolute Gasteiger partial charge is 0.181 e. The molecule has 1 aliphatic rings. The number of rotatable bonds is 2. The van der Waals surface area contributed by atoms with E-state index in [1.165, 1.54) is 5.57 Å². The third-order valence-corrected chi connectivity index (χ3v) is 3.25. The van der Waals surface area contributed by atoms with Crippen molar-refractivity contribution in [3.05, 3.63) is 30.0 Å². The lowest BCUT2D eigenvalue weighted by molar-refractivity contribution is 0.273. The fraction of sp³-hybridized carbons (Fsp3) is 0.417. The Balaban J connectivity index is 2.03. The molecule has 1 atom stereocenters. The zero-order valence-corrected chi connectivity index (χ0v) is 9.48. The van der Waals surface area contributed by atoms with Gasteiger partial charge in [-0.2, -0.15) is 0 Å². The van der Waals surface area contributed by atoms with E-state index in [-0.39, 0.29) is 12.5 Å². The van der Waals surface area contributed by atoms with E-state index >= 15 is 0 Å². The maximum absolute atomic E-state index is 9.01. The molecule has 3 rings (SSSR count). The molecule has 0 spiro atoms. The Bertz CT molecular complexity index is 575. The van der Waals surface area contributed by atoms with Crippen molar-refractivity contribution >= 4 is 11.2 Å². The van der Waals surface area contributed by atoms with E-state index in [1.54, 1.807) is 6.20 Å². The van der Waals surface area contributed by atoms with Crippen LogP contribution in [0.4, 0.5) is 0 Å². The van der Waals surface area contributed by atoms with Crippen LogP contribution >= 0.6 is 0 Å². The molecule has 0 aliphatic heterocycles. The molecule has 2 aromatic heterocycles. The van der Waals surface area contributed by atoms with Gasteiger partial charge in [0, 0.05) is 5.92 Å². The highest BCUT2D eigenvalue weighted by Crippen LogP contribution is 2.36. The van der Waals surface area contributed by atoms with Crippen LogP contribution in [0.15, 0.2) is 18.3 Å². The van der Waals surface area contributed by atoms with E-state index in [4.69, 9.17) is 5.11 Å². The quantitative estimate of drug-likeness (QED) is 0.769. The molecule has 2 N–H and O–H groups in total. The number of allylic oxidation sites excluding steroid dienone is 1. The van der Waals surface area contributed by atoms with Crippen LogP contribution in [-0.2, 0) is 6.61 Å². The van der Waals surface area contributed by atoms with Gasteiger partial charge in [-0.1, -0.05) is 12.2 Å². The minimum Gasteiger partial charge on any atom is -0.388 e. The summed E-state index contributed by atoms with van der Waals surface area (Å²) in [4.78, 5) is 16.0. The lowest BCUT2D eigenvalue weighted by Gasteiger charge is -2.08. The van der Waals surface area contributed by atoms with Crippen molar-refractivity contribution in [1.29, 1.82) is 0 Å². The van der Waals surface area contributed by atoms with Gasteiger partial charge in [-0.15, -0.1) is 0 Å². The summed E-state index contributed by atoms with van der Waals surface area (Å²) < 4.78 is 0. The number of H-pyrrole nitrogens is 1. The first-order valence-electron chi connectivity index (χ1n) is 5.78. The van der Waals surface area contributed by atoms with E-state index in [1.807, 2.05) is 0 Å². The summed E-state index contributed by atoms with van der Waals surface area (Å²) in [5, 5.41) is 9.01. The largest absolute Gasteiger partial charge is 0.388 e. The number of hydrogen-bond acceptors (Lipinski definition) is 4. The number of hydrogen-bond donors (Lipinski definition) is 2. The second kappa shape index (κ2) is 3.92. The predicted molar refractivity (Wildman–Crippen MR) is 63.3 cm³/mol. The van der Waals surface area contributed by atoms with Gasteiger partial charge in [-0.3, -0.25) is 0 Å². The van der Waals surface area contributed by atoms with Gasteiger partial charge in [-0.05, 0) is 19.3 Å². The van der Waals surface area contributed by atoms with Crippen LogP contribution in [0.25, 0.3) is 11.2 Å². The molecule has 1 fully saturated rings. The summed E-state index contributed by atoms with van der Waals surface area (Å²) in [6, 6.07) is 0. The summed E-state index contributed by atoms with van der Waals surface area (Å²) in [5.41, 5.74) is 2.60. The molecule has 1 saturated carbocycles. The molecule has 17 heavy (non-hydrogen) atoms. The molecule has 1 aliphatic carbocycles. The van der Waals surface area contributed by atoms with Crippen molar-refractivity contribution < 1.29 is 5.11 Å². The first-order chi connectivity index (χ1) is 8.28. The van der Waals surface area contributed by atoms with E-state index < -0.39 is 0 Å². The van der Waals surface area contributed by atoms with E-state index in [9.17, 15) is 0 Å². The van der Waals surface area contributed by atoms with Crippen molar-refractivity contribution in [2.24, 2.45) is 0 Å². The molecule has 88 valence electrons. The summed E-state index contributed by atoms with van der Waals surface area (Å²) in [6.07, 6.45) is 5.03. The van der Waals surface area contributed by atoms with Crippen LogP contribution in [0.5, 0.6) is 0 Å². The Morgan fingerprint density at radius 3 is 3.06 bits per heavy atom. The maximum atomic E-state index is 9.01. The predicted octanol–water partition coefficient (Wildman–Crippen LogP) is 1.67. The SMILES string of the molecule is C=C1CCCC1c1ncc2[nH]c(CO)nc2n1. The second-order valence-electron chi connectivity index (χ2n) is 4.41. The van der Waals surface area contributed by atoms with E-state index in [0.717, 1.165) is 30.6 Å². The average molecular weight is 230 g/mol. The molecule has 0 bridgehead atoms. The number of aliphatic hydroxyl groups excluding tert-OH is 1. The molecular formula is C12H14N4O. The molecule has 0 radical (unpaired) electrons. The molecule has 5 nitrogen and oxygen atoms in total. The summed E-state index contributed by atoms with van der Waals surface area (Å²) in [6.45, 7) is 3.96. The Morgan fingerprint density at radius 1 is 1.47 bits per heavy atom. The molecule has 2 heterocycles. The Kier molecular flexibility index (Phi) is 2.40. The first kappa shape index (κ1) is 10.4. The Morgan fingerprint density at radius 2 is 2.35 bits per heavy atom. The molecule has 0 aromatic carbocycles. The fourth-order valence-corrected chi connectivity index (χ4v) is 2.34. The van der Waals surface area contributed by atoms with E-state index in [2.05, 4.69) is 26.5 Å². The molecule has 2 aromatic rings. The highest BCUT2D eigenvalue weighted by molar-refractivity contribution is 5.69. The third kappa shape index (κ3) is 1.72. The lowest BCUT2D eigenvalue weighted by atomic mass is 10.0. The Labute approximate surface area is 98.6 Å². The first-order valence-corrected chi connectivity index (χ1v) is 5.78. The highest BCUT2D eigenvalue weighted by Gasteiger charge is 2.23. The van der Waals surface area contributed by atoms with Crippen LogP contribution in [0, 0.1) is 0 Å². The van der Waals surface area contributed by atoms with Gasteiger partial charge in [0.25, 0.3) is 0 Å². The van der Waals surface area contributed by atoms with Crippen LogP contribution in [0.1, 0.15) is 36.8 Å². The zero-order valence-electron chi connectivity index (χ0n) is 9.48. The molecular weight excluding hydrogens is 216 g/mol. The minimum atomic E-state index is -0.109. The number of aromatic nitrogens is 4. The molecule has 0 saturated heterocycles. The van der Waals surface area contributed by atoms with Crippen LogP contribution in [-0.4, -0.2) is 25.0 Å². The third-order valence-electron chi connectivity index (χ3n) is 3.25. The van der Waals surface area contributed by atoms with Crippen molar-refractivity contribution in [2.45, 2.75) is 31.8 Å². The van der Waals surface area contributed by atoms with Gasteiger partial charge < -0.3 is 10.1 Å². The number of aliphatic hydroxyl groups is 1. The summed E-state index contributed by atoms with van der Waals surface area (Å²) >= 11 is 0. The topological polar surface area (TPSA) is 74.7 Å². The van der Waals surface area contributed by atoms with Crippen LogP contribution in [0.2, 0.25) is 0 Å². The number of imidazole rings is 1. The zero-order chi connectivity index (χ0) is 11.8. The number of nitrogens with zero attached hydrogens (tertiary/aromatic N) is 3. The monoisotopic (exact) mass is 230 g/mol. The van der Waals surface area contributed by atoms with Crippen LogP contribution < -0.4 is 0 Å². The van der Waals surface area contributed by atoms with E-state index in [0.29, 0.717) is 11.5 Å². The molecule has 0 amide bonds. The van der Waals surface area contributed by atoms with Crippen molar-refractivity contribution in [3.63, 3.8) is 0 Å². The van der Waals surface area contributed by atoms with Gasteiger partial charge in [0.1, 0.15) is 23.8 Å². The fourth-order valence-electron chi connectivity index (χ4n) is 2.34. The summed E-state index contributed by atoms with van der Waals surface area (Å²) in [7, 11) is 0. The minimum absolute atomic E-state index is 0.109. The number of aromatic amines is 1.